The smallest absolute Gasteiger partial charge is 1.00 e. The predicted octanol–water partition coefficient (Wildman–Crippen LogP) is -12.0. The molecule has 5 heavy (non-hydrogen) atoms. The van der Waals surface area contributed by atoms with Crippen molar-refractivity contribution in [3.8, 4) is 0 Å². The molecule has 0 saturated carbocycles. The van der Waals surface area contributed by atoms with Gasteiger partial charge < -0.3 is 18.8 Å². The monoisotopic (exact) mass is 165 g/mol. The maximum atomic E-state index is 0. The van der Waals surface area contributed by atoms with E-state index in [9.17, 15) is 0 Å². The van der Waals surface area contributed by atoms with Gasteiger partial charge >= 0.3 is 32.7 Å². The van der Waals surface area contributed by atoms with Crippen molar-refractivity contribution in [2.45, 2.75) is 0 Å². The Balaban J connectivity index is 0. The maximum Gasteiger partial charge on any atom is 3.00 e. The Morgan fingerprint density at radius 1 is 0.400 bits per heavy atom. The molecule has 0 atom stereocenters. The first-order chi connectivity index (χ1) is 0. The average Bonchev–Trinajstić information content (AvgIpc) is 0. The Hall–Kier alpha value is 0.824. The van der Waals surface area contributed by atoms with Gasteiger partial charge in [0.1, 0.15) is 0 Å². The molecule has 0 aromatic carbocycles. The van der Waals surface area contributed by atoms with Crippen LogP contribution in [-0.4, -0.2) is 0 Å². The van der Waals surface area contributed by atoms with Crippen molar-refractivity contribution >= 4 is 0 Å². The first-order valence-corrected chi connectivity index (χ1v) is 0. The van der Waals surface area contributed by atoms with Crippen molar-refractivity contribution in [1.82, 2.24) is 0 Å². The molecule has 0 aromatic heterocycles. The van der Waals surface area contributed by atoms with E-state index in [4.69, 9.17) is 0 Å². The fourth-order valence-corrected chi connectivity index (χ4v) is 0. The van der Waals surface area contributed by atoms with Crippen LogP contribution in [0.1, 0.15) is 0 Å². The van der Waals surface area contributed by atoms with Crippen LogP contribution >= 0.6 is 0 Å². The van der Waals surface area contributed by atoms with Gasteiger partial charge in [0.2, 0.25) is 0 Å². The van der Waals surface area contributed by atoms with Gasteiger partial charge in [-0.15, -0.1) is 0 Å². The zero-order valence-corrected chi connectivity index (χ0v) is 4.93. The second-order valence-electron chi connectivity index (χ2n) is 0. The van der Waals surface area contributed by atoms with E-state index >= 15 is 0 Å². The van der Waals surface area contributed by atoms with Gasteiger partial charge in [-0.1, -0.05) is 0 Å². The van der Waals surface area contributed by atoms with Crippen LogP contribution < -0.4 is 18.8 Å². The first-order valence-electron chi connectivity index (χ1n) is 0. The second-order valence-corrected chi connectivity index (χ2v) is 0. The Bertz CT molecular complexity index is 3.61. The van der Waals surface area contributed by atoms with Gasteiger partial charge in [-0.2, -0.15) is 0 Å². The van der Waals surface area contributed by atoms with Gasteiger partial charge in [0.15, 0.2) is 0 Å². The zero-order valence-electron chi connectivity index (χ0n) is 2.09. The van der Waals surface area contributed by atoms with E-state index in [1.165, 1.54) is 0 Å². The van der Waals surface area contributed by atoms with E-state index < -0.39 is 0 Å². The normalized spacial score (nSPS) is 0. The third kappa shape index (κ3) is 56.7. The van der Waals surface area contributed by atoms with Crippen molar-refractivity contribution in [3.05, 3.63) is 0 Å². The first kappa shape index (κ1) is 200. The van der Waals surface area contributed by atoms with Gasteiger partial charge in [-0.3, -0.25) is 0 Å². The molecule has 0 aliphatic heterocycles. The summed E-state index contributed by atoms with van der Waals surface area (Å²) in [7, 11) is 0. The molecule has 0 saturated heterocycles. The largest absolute Gasteiger partial charge is 3.00 e. The molecule has 0 rings (SSSR count). The van der Waals surface area contributed by atoms with E-state index in [0.29, 0.717) is 0 Å². The van der Waals surface area contributed by atoms with Crippen molar-refractivity contribution in [2.24, 2.45) is 0 Å². The Morgan fingerprint density at radius 2 is 0.400 bits per heavy atom. The molecule has 0 heterocycles. The van der Waals surface area contributed by atoms with E-state index in [2.05, 4.69) is 0 Å². The molecule has 0 spiro atoms. The minimum absolute atomic E-state index is 0. The summed E-state index contributed by atoms with van der Waals surface area (Å²) in [6.45, 7) is 0. The van der Waals surface area contributed by atoms with Crippen LogP contribution in [0.25, 0.3) is 0 Å². The number of halogens is 4. The van der Waals surface area contributed by atoms with Crippen molar-refractivity contribution in [2.75, 3.05) is 0 Å². The molecule has 0 radical (unpaired) electrons. The Labute approximate surface area is 51.7 Å². The molecule has 0 aromatic rings. The van der Waals surface area contributed by atoms with E-state index in [-0.39, 0.29) is 51.5 Å². The molecule has 0 amide bonds. The molecular weight excluding hydrogens is 165 g/mol. The zero-order chi connectivity index (χ0) is 0. The van der Waals surface area contributed by atoms with E-state index in [0.717, 1.165) is 0 Å². The van der Waals surface area contributed by atoms with Crippen molar-refractivity contribution in [3.63, 3.8) is 0 Å². The molecule has 0 bridgehead atoms. The summed E-state index contributed by atoms with van der Waals surface area (Å²) in [5.74, 6) is 0. The summed E-state index contributed by atoms with van der Waals surface area (Å²) >= 11 is 0. The standard InChI is InChI=1S/4FH.Y/h4*1H;/q;;;;+3/p-4. The number of hydrogen-bond acceptors (Lipinski definition) is 0. The third-order valence-electron chi connectivity index (χ3n) is 0. The fourth-order valence-electron chi connectivity index (χ4n) is 0. The Morgan fingerprint density at radius 3 is 0.400 bits per heavy atom. The molecule has 32 valence electrons. The van der Waals surface area contributed by atoms with Gasteiger partial charge in [0.25, 0.3) is 0 Å². The van der Waals surface area contributed by atoms with Crippen molar-refractivity contribution < 1.29 is 51.5 Å². The molecular formula is F4Y-. The van der Waals surface area contributed by atoms with Crippen LogP contribution in [0.4, 0.5) is 0 Å². The maximum absolute atomic E-state index is 0. The second kappa shape index (κ2) is 104. The fraction of sp³-hybridized carbons (Fsp3) is 0. The van der Waals surface area contributed by atoms with Crippen LogP contribution in [0.5, 0.6) is 0 Å². The summed E-state index contributed by atoms with van der Waals surface area (Å²) in [6.07, 6.45) is 0. The topological polar surface area (TPSA) is 0 Å². The van der Waals surface area contributed by atoms with Crippen LogP contribution in [0.2, 0.25) is 0 Å². The van der Waals surface area contributed by atoms with Crippen LogP contribution in [0.3, 0.4) is 0 Å². The summed E-state index contributed by atoms with van der Waals surface area (Å²) in [5, 5.41) is 0. The van der Waals surface area contributed by atoms with Gasteiger partial charge in [-0.25, -0.2) is 0 Å². The van der Waals surface area contributed by atoms with Gasteiger partial charge in [0, 0.05) is 0 Å². The minimum Gasteiger partial charge on any atom is -1.00 e. The summed E-state index contributed by atoms with van der Waals surface area (Å²) in [5.41, 5.74) is 0. The molecule has 0 nitrogen and oxygen atoms in total. The molecule has 0 aliphatic rings. The minimum atomic E-state index is 0. The Kier molecular flexibility index (Phi) is 4150. The van der Waals surface area contributed by atoms with Crippen LogP contribution in [0, 0.1) is 0 Å². The van der Waals surface area contributed by atoms with E-state index in [1.807, 2.05) is 0 Å². The number of rotatable bonds is 0. The molecule has 0 N–H and O–H groups in total. The SMILES string of the molecule is [F-].[F-].[F-].[F-].[Y+3]. The van der Waals surface area contributed by atoms with Crippen molar-refractivity contribution in [1.29, 1.82) is 0 Å². The van der Waals surface area contributed by atoms with Crippen LogP contribution in [-0.2, 0) is 32.7 Å². The van der Waals surface area contributed by atoms with Gasteiger partial charge in [-0.05, 0) is 0 Å². The summed E-state index contributed by atoms with van der Waals surface area (Å²) < 4.78 is 0. The van der Waals surface area contributed by atoms with Gasteiger partial charge in [0.05, 0.1) is 0 Å². The molecule has 0 aliphatic carbocycles. The third-order valence-corrected chi connectivity index (χ3v) is 0. The summed E-state index contributed by atoms with van der Waals surface area (Å²) in [6, 6.07) is 0. The molecule has 5 heteroatoms. The quantitative estimate of drug-likeness (QED) is 0.312. The summed E-state index contributed by atoms with van der Waals surface area (Å²) in [4.78, 5) is 0. The molecule has 0 unspecified atom stereocenters. The predicted molar refractivity (Wildman–Crippen MR) is 0 cm³/mol. The molecule has 0 fully saturated rings. The van der Waals surface area contributed by atoms with E-state index in [1.54, 1.807) is 0 Å². The number of hydrogen-bond donors (Lipinski definition) is 0. The average molecular weight is 165 g/mol. The van der Waals surface area contributed by atoms with Crippen LogP contribution in [0.15, 0.2) is 0 Å².